The molecular weight excluding hydrogens is 416 g/mol. The number of unbranched alkanes of at least 4 members (excludes halogenated alkanes) is 14. The normalized spacial score (nSPS) is 8.91. The van der Waals surface area contributed by atoms with E-state index < -0.39 is 5.97 Å². The van der Waals surface area contributed by atoms with Crippen LogP contribution in [0, 0.1) is 17.7 Å². The summed E-state index contributed by atoms with van der Waals surface area (Å²) in [4.78, 5) is 27.0. The Balaban J connectivity index is -0.000000559. The maximum Gasteiger partial charge on any atom is 0.303 e. The van der Waals surface area contributed by atoms with Gasteiger partial charge in [0.1, 0.15) is 0 Å². The largest absolute Gasteiger partial charge is 0.481 e. The van der Waals surface area contributed by atoms with Gasteiger partial charge in [-0.2, -0.15) is 0 Å². The van der Waals surface area contributed by atoms with E-state index in [0.717, 1.165) is 25.0 Å². The smallest absolute Gasteiger partial charge is 0.303 e. The van der Waals surface area contributed by atoms with Crippen molar-refractivity contribution in [1.29, 1.82) is 10.8 Å². The summed E-state index contributed by atoms with van der Waals surface area (Å²) in [6.07, 6.45) is 21.7. The lowest BCUT2D eigenvalue weighted by Crippen LogP contribution is -1.93. The van der Waals surface area contributed by atoms with E-state index >= 15 is 0 Å². The lowest BCUT2D eigenvalue weighted by molar-refractivity contribution is -0.137. The summed E-state index contributed by atoms with van der Waals surface area (Å²) in [5.74, 6) is -0.653. The fourth-order valence-corrected chi connectivity index (χ4v) is 3.18. The average Bonchev–Trinajstić information content (AvgIpc) is 2.78. The first-order valence-corrected chi connectivity index (χ1v) is 12.3. The number of rotatable bonds is 16. The summed E-state index contributed by atoms with van der Waals surface area (Å²) in [5, 5.41) is 19.3. The molecule has 0 aliphatic carbocycles. The highest BCUT2D eigenvalue weighted by Gasteiger charge is 1.97. The van der Waals surface area contributed by atoms with Crippen LogP contribution < -0.4 is 0 Å². The molecule has 3 N–H and O–H groups in total. The molecule has 0 saturated carbocycles. The Morgan fingerprint density at radius 1 is 0.697 bits per heavy atom. The number of hydrogen-bond acceptors (Lipinski definition) is 5. The molecule has 1 aromatic rings. The van der Waals surface area contributed by atoms with E-state index in [9.17, 15) is 4.79 Å². The van der Waals surface area contributed by atoms with Crippen molar-refractivity contribution in [1.82, 2.24) is 0 Å². The molecule has 6 heteroatoms. The molecule has 1 rings (SSSR count). The van der Waals surface area contributed by atoms with E-state index in [1.807, 2.05) is 18.2 Å². The van der Waals surface area contributed by atoms with Gasteiger partial charge >= 0.3 is 5.97 Å². The van der Waals surface area contributed by atoms with Crippen molar-refractivity contribution in [3.8, 4) is 0 Å². The minimum atomic E-state index is -0.653. The number of aliphatic carboxylic acids is 1. The Morgan fingerprint density at radius 3 is 1.24 bits per heavy atom. The molecular formula is C27H46N2O4. The van der Waals surface area contributed by atoms with Gasteiger partial charge in [0.2, 0.25) is 12.2 Å². The minimum Gasteiger partial charge on any atom is -0.481 e. The maximum absolute atomic E-state index is 10.3. The molecule has 0 amide bonds. The van der Waals surface area contributed by atoms with Gasteiger partial charge in [-0.15, -0.1) is 0 Å². The predicted molar refractivity (Wildman–Crippen MR) is 135 cm³/mol. The summed E-state index contributed by atoms with van der Waals surface area (Å²) in [6, 6.07) is 10.3. The first kappa shape index (κ1) is 35.0. The summed E-state index contributed by atoms with van der Waals surface area (Å²) in [7, 11) is 0. The van der Waals surface area contributed by atoms with Crippen molar-refractivity contribution in [3.05, 3.63) is 35.9 Å². The Labute approximate surface area is 201 Å². The van der Waals surface area contributed by atoms with E-state index in [-0.39, 0.29) is 0 Å². The van der Waals surface area contributed by atoms with E-state index in [4.69, 9.17) is 25.5 Å². The SMILES string of the molecule is CCCCCCCCCCCCCCCCCC(=O)O.Cc1ccccc1.N=C=O.N=C=O. The zero-order valence-corrected chi connectivity index (χ0v) is 20.9. The van der Waals surface area contributed by atoms with Crippen LogP contribution in [0.4, 0.5) is 0 Å². The van der Waals surface area contributed by atoms with Gasteiger partial charge in [-0.3, -0.25) is 4.79 Å². The summed E-state index contributed by atoms with van der Waals surface area (Å²) in [6.45, 7) is 4.35. The van der Waals surface area contributed by atoms with Crippen LogP contribution in [-0.2, 0) is 14.4 Å². The van der Waals surface area contributed by atoms with Crippen molar-refractivity contribution in [2.45, 2.75) is 117 Å². The van der Waals surface area contributed by atoms with Gasteiger partial charge in [-0.05, 0) is 13.3 Å². The second-order valence-electron chi connectivity index (χ2n) is 7.95. The average molecular weight is 463 g/mol. The Bertz CT molecular complexity index is 567. The van der Waals surface area contributed by atoms with Crippen molar-refractivity contribution >= 4 is 18.1 Å². The molecule has 0 unspecified atom stereocenters. The van der Waals surface area contributed by atoms with E-state index in [2.05, 4.69) is 26.0 Å². The van der Waals surface area contributed by atoms with Crippen LogP contribution in [0.2, 0.25) is 0 Å². The standard InChI is InChI=1S/C18H36O2.C7H8.2CHNO/c1-2-3-4-5-6-7-8-9-10-11-12-13-14-15-16-17-18(19)20;1-7-5-3-2-4-6-7;2*2-1-3/h2-17H2,1H3,(H,19,20);2-6H,1H3;2*2H. The monoisotopic (exact) mass is 462 g/mol. The van der Waals surface area contributed by atoms with Crippen molar-refractivity contribution < 1.29 is 19.5 Å². The Hall–Kier alpha value is -2.55. The number of carboxylic acid groups (broad SMARTS) is 1. The van der Waals surface area contributed by atoms with Gasteiger partial charge in [0, 0.05) is 6.42 Å². The number of carbonyl (C=O) groups is 1. The number of carboxylic acids is 1. The van der Waals surface area contributed by atoms with E-state index in [0.29, 0.717) is 6.42 Å². The molecule has 188 valence electrons. The number of benzene rings is 1. The topological polar surface area (TPSA) is 119 Å². The fraction of sp³-hybridized carbons (Fsp3) is 0.667. The molecule has 0 spiro atoms. The summed E-state index contributed by atoms with van der Waals surface area (Å²) >= 11 is 0. The van der Waals surface area contributed by atoms with Gasteiger partial charge < -0.3 is 5.11 Å². The number of nitrogens with one attached hydrogen (secondary N) is 2. The molecule has 0 saturated heterocycles. The van der Waals surface area contributed by atoms with Gasteiger partial charge in [0.25, 0.3) is 0 Å². The van der Waals surface area contributed by atoms with Crippen molar-refractivity contribution in [2.75, 3.05) is 0 Å². The van der Waals surface area contributed by atoms with Crippen LogP contribution in [0.1, 0.15) is 115 Å². The second-order valence-corrected chi connectivity index (χ2v) is 7.95. The quantitative estimate of drug-likeness (QED) is 0.130. The Morgan fingerprint density at radius 2 is 1.00 bits per heavy atom. The van der Waals surface area contributed by atoms with Gasteiger partial charge in [0.05, 0.1) is 0 Å². The Kier molecular flexibility index (Phi) is 36.2. The van der Waals surface area contributed by atoms with Crippen LogP contribution in [0.15, 0.2) is 30.3 Å². The van der Waals surface area contributed by atoms with Crippen LogP contribution >= 0.6 is 0 Å². The molecule has 0 radical (unpaired) electrons. The minimum absolute atomic E-state index is 0.345. The van der Waals surface area contributed by atoms with Crippen molar-refractivity contribution in [2.24, 2.45) is 0 Å². The first-order chi connectivity index (χ1) is 16.0. The molecule has 1 aromatic carbocycles. The molecule has 0 aliphatic rings. The van der Waals surface area contributed by atoms with Crippen LogP contribution in [0.5, 0.6) is 0 Å². The predicted octanol–water partition coefficient (Wildman–Crippen LogP) is 8.13. The molecule has 6 nitrogen and oxygen atoms in total. The van der Waals surface area contributed by atoms with E-state index in [1.165, 1.54) is 89.0 Å². The van der Waals surface area contributed by atoms with Crippen LogP contribution in [0.25, 0.3) is 0 Å². The molecule has 0 atom stereocenters. The summed E-state index contributed by atoms with van der Waals surface area (Å²) < 4.78 is 0. The second kappa shape index (κ2) is 34.1. The highest BCUT2D eigenvalue weighted by atomic mass is 16.4. The lowest BCUT2D eigenvalue weighted by Gasteiger charge is -2.03. The first-order valence-electron chi connectivity index (χ1n) is 12.3. The molecule has 0 aromatic heterocycles. The highest BCUT2D eigenvalue weighted by Crippen LogP contribution is 2.13. The van der Waals surface area contributed by atoms with Crippen LogP contribution in [-0.4, -0.2) is 23.2 Å². The number of isocyanates is 2. The molecule has 0 aliphatic heterocycles. The zero-order valence-electron chi connectivity index (χ0n) is 20.9. The third-order valence-corrected chi connectivity index (χ3v) is 4.93. The molecule has 0 fully saturated rings. The van der Waals surface area contributed by atoms with Crippen molar-refractivity contribution in [3.63, 3.8) is 0 Å². The maximum atomic E-state index is 10.3. The summed E-state index contributed by atoms with van der Waals surface area (Å²) in [5.41, 5.74) is 1.32. The van der Waals surface area contributed by atoms with Gasteiger partial charge in [-0.25, -0.2) is 20.4 Å². The highest BCUT2D eigenvalue weighted by molar-refractivity contribution is 5.66. The number of hydrogen-bond donors (Lipinski definition) is 3. The number of carbonyl (C=O) groups excluding carboxylic acids is 2. The molecule has 0 bridgehead atoms. The fourth-order valence-electron chi connectivity index (χ4n) is 3.18. The lowest BCUT2D eigenvalue weighted by atomic mass is 10.0. The van der Waals surface area contributed by atoms with Gasteiger partial charge in [-0.1, -0.05) is 133 Å². The van der Waals surface area contributed by atoms with E-state index in [1.54, 1.807) is 0 Å². The molecule has 0 heterocycles. The van der Waals surface area contributed by atoms with Crippen LogP contribution in [0.3, 0.4) is 0 Å². The third-order valence-electron chi connectivity index (χ3n) is 4.93. The van der Waals surface area contributed by atoms with Gasteiger partial charge in [0.15, 0.2) is 0 Å². The molecule has 33 heavy (non-hydrogen) atoms. The third kappa shape index (κ3) is 44.0. The zero-order chi connectivity index (χ0) is 25.4. The number of aryl methyl sites for hydroxylation is 1.